The van der Waals surface area contributed by atoms with Crippen LogP contribution in [0.3, 0.4) is 0 Å². The first-order chi connectivity index (χ1) is 7.78. The average Bonchev–Trinajstić information content (AvgIpc) is 2.70. The first-order valence-electron chi connectivity index (χ1n) is 5.04. The van der Waals surface area contributed by atoms with Crippen molar-refractivity contribution in [1.29, 1.82) is 0 Å². The number of rotatable bonds is 4. The summed E-state index contributed by atoms with van der Waals surface area (Å²) in [6.07, 6.45) is 1.96. The predicted octanol–water partition coefficient (Wildman–Crippen LogP) is 3.89. The summed E-state index contributed by atoms with van der Waals surface area (Å²) in [6.45, 7) is 2.11. The van der Waals surface area contributed by atoms with E-state index in [9.17, 15) is 0 Å². The highest BCUT2D eigenvalue weighted by Crippen LogP contribution is 2.23. The van der Waals surface area contributed by atoms with Gasteiger partial charge in [0, 0.05) is 21.5 Å². The fraction of sp³-hybridized carbons (Fsp3) is 0.273. The Kier molecular flexibility index (Phi) is 4.11. The molecule has 0 unspecified atom stereocenters. The van der Waals surface area contributed by atoms with Crippen LogP contribution >= 0.6 is 34.1 Å². The molecule has 0 radical (unpaired) electrons. The third-order valence-corrected chi connectivity index (χ3v) is 3.29. The van der Waals surface area contributed by atoms with E-state index >= 15 is 0 Å². The van der Waals surface area contributed by atoms with Crippen molar-refractivity contribution in [1.82, 2.24) is 9.36 Å². The van der Waals surface area contributed by atoms with E-state index in [0.717, 1.165) is 24.4 Å². The molecule has 1 heterocycles. The lowest BCUT2D eigenvalue weighted by Gasteiger charge is -1.99. The average molecular weight is 346 g/mol. The molecule has 0 aliphatic rings. The zero-order valence-electron chi connectivity index (χ0n) is 8.81. The number of halogens is 1. The van der Waals surface area contributed by atoms with Crippen LogP contribution in [0.5, 0.6) is 10.9 Å². The molecule has 16 heavy (non-hydrogen) atoms. The van der Waals surface area contributed by atoms with Crippen LogP contribution in [-0.2, 0) is 6.42 Å². The molecule has 1 aromatic heterocycles. The van der Waals surface area contributed by atoms with Gasteiger partial charge >= 0.3 is 0 Å². The van der Waals surface area contributed by atoms with Crippen molar-refractivity contribution < 1.29 is 4.74 Å². The fourth-order valence-corrected chi connectivity index (χ4v) is 2.16. The second-order valence-corrected chi connectivity index (χ2v) is 5.24. The van der Waals surface area contributed by atoms with Crippen molar-refractivity contribution in [3.8, 4) is 10.9 Å². The molecule has 3 nitrogen and oxygen atoms in total. The lowest BCUT2D eigenvalue weighted by molar-refractivity contribution is 0.477. The molecule has 0 N–H and O–H groups in total. The van der Waals surface area contributed by atoms with Gasteiger partial charge in [0.15, 0.2) is 0 Å². The Morgan fingerprint density at radius 2 is 2.06 bits per heavy atom. The van der Waals surface area contributed by atoms with Gasteiger partial charge in [-0.2, -0.15) is 9.36 Å². The summed E-state index contributed by atoms with van der Waals surface area (Å²) in [4.78, 5) is 4.30. The Morgan fingerprint density at radius 1 is 1.31 bits per heavy atom. The molecule has 0 fully saturated rings. The summed E-state index contributed by atoms with van der Waals surface area (Å²) in [5, 5.41) is 0.615. The third-order valence-electron chi connectivity index (χ3n) is 1.94. The largest absolute Gasteiger partial charge is 0.430 e. The third kappa shape index (κ3) is 3.15. The number of hydrogen-bond donors (Lipinski definition) is 0. The van der Waals surface area contributed by atoms with E-state index < -0.39 is 0 Å². The van der Waals surface area contributed by atoms with Crippen LogP contribution in [0.15, 0.2) is 24.3 Å². The zero-order valence-corrected chi connectivity index (χ0v) is 11.8. The van der Waals surface area contributed by atoms with E-state index in [1.807, 2.05) is 24.3 Å². The second-order valence-electron chi connectivity index (χ2n) is 3.28. The first kappa shape index (κ1) is 11.8. The van der Waals surface area contributed by atoms with Crippen LogP contribution in [0.1, 0.15) is 19.2 Å². The minimum atomic E-state index is 0.615. The van der Waals surface area contributed by atoms with Crippen LogP contribution < -0.4 is 4.74 Å². The summed E-state index contributed by atoms with van der Waals surface area (Å²) < 4.78 is 11.0. The number of aromatic nitrogens is 2. The summed E-state index contributed by atoms with van der Waals surface area (Å²) in [6, 6.07) is 7.87. The molecule has 0 aliphatic carbocycles. The van der Waals surface area contributed by atoms with Crippen LogP contribution in [0, 0.1) is 3.57 Å². The molecule has 1 aromatic carbocycles. The van der Waals surface area contributed by atoms with Gasteiger partial charge < -0.3 is 4.74 Å². The van der Waals surface area contributed by atoms with Crippen LogP contribution in [0.25, 0.3) is 0 Å². The molecule has 2 rings (SSSR count). The van der Waals surface area contributed by atoms with E-state index in [2.05, 4.69) is 38.9 Å². The minimum Gasteiger partial charge on any atom is -0.430 e. The van der Waals surface area contributed by atoms with Crippen molar-refractivity contribution in [2.45, 2.75) is 19.8 Å². The monoisotopic (exact) mass is 346 g/mol. The number of benzene rings is 1. The van der Waals surface area contributed by atoms with E-state index in [-0.39, 0.29) is 0 Å². The molecule has 0 saturated carbocycles. The number of hydrogen-bond acceptors (Lipinski definition) is 4. The Balaban J connectivity index is 2.05. The minimum absolute atomic E-state index is 0.615. The van der Waals surface area contributed by atoms with Crippen LogP contribution in [-0.4, -0.2) is 9.36 Å². The maximum absolute atomic E-state index is 5.60. The van der Waals surface area contributed by atoms with Gasteiger partial charge in [0.25, 0.3) is 5.19 Å². The van der Waals surface area contributed by atoms with Crippen molar-refractivity contribution in [3.05, 3.63) is 33.7 Å². The Labute approximate surface area is 112 Å². The maximum Gasteiger partial charge on any atom is 0.298 e. The molecule has 0 spiro atoms. The summed E-state index contributed by atoms with van der Waals surface area (Å²) >= 11 is 3.56. The van der Waals surface area contributed by atoms with Gasteiger partial charge in [-0.1, -0.05) is 6.92 Å². The SMILES string of the molecule is CCCc1nsc(Oc2ccc(I)cc2)n1. The highest BCUT2D eigenvalue weighted by Gasteiger charge is 2.05. The van der Waals surface area contributed by atoms with E-state index in [4.69, 9.17) is 4.74 Å². The van der Waals surface area contributed by atoms with Gasteiger partial charge in [0.2, 0.25) is 0 Å². The lowest BCUT2D eigenvalue weighted by atomic mass is 10.3. The molecular weight excluding hydrogens is 335 g/mol. The van der Waals surface area contributed by atoms with Crippen molar-refractivity contribution in [2.75, 3.05) is 0 Å². The number of ether oxygens (including phenoxy) is 1. The normalized spacial score (nSPS) is 10.4. The quantitative estimate of drug-likeness (QED) is 0.788. The van der Waals surface area contributed by atoms with Gasteiger partial charge in [-0.15, -0.1) is 0 Å². The first-order valence-corrected chi connectivity index (χ1v) is 6.89. The van der Waals surface area contributed by atoms with E-state index in [0.29, 0.717) is 5.19 Å². The molecule has 0 atom stereocenters. The Hall–Kier alpha value is -0.690. The maximum atomic E-state index is 5.60. The topological polar surface area (TPSA) is 35.0 Å². The number of aryl methyl sites for hydroxylation is 1. The van der Waals surface area contributed by atoms with Gasteiger partial charge in [-0.25, -0.2) is 0 Å². The van der Waals surface area contributed by atoms with Gasteiger partial charge in [0.05, 0.1) is 0 Å². The molecule has 0 aliphatic heterocycles. The smallest absolute Gasteiger partial charge is 0.298 e. The van der Waals surface area contributed by atoms with Crippen molar-refractivity contribution >= 4 is 34.1 Å². The number of nitrogens with zero attached hydrogens (tertiary/aromatic N) is 2. The molecular formula is C11H11IN2OS. The van der Waals surface area contributed by atoms with Gasteiger partial charge in [-0.3, -0.25) is 0 Å². The molecule has 84 valence electrons. The van der Waals surface area contributed by atoms with E-state index in [1.54, 1.807) is 0 Å². The standard InChI is InChI=1S/C11H11IN2OS/c1-2-3-10-13-11(16-14-10)15-9-6-4-8(12)5-7-9/h4-7H,2-3H2,1H3. The van der Waals surface area contributed by atoms with Gasteiger partial charge in [-0.05, 0) is 53.3 Å². The molecule has 5 heteroatoms. The summed E-state index contributed by atoms with van der Waals surface area (Å²) in [7, 11) is 0. The highest BCUT2D eigenvalue weighted by molar-refractivity contribution is 14.1. The molecule has 0 saturated heterocycles. The van der Waals surface area contributed by atoms with Crippen LogP contribution in [0.4, 0.5) is 0 Å². The van der Waals surface area contributed by atoms with Crippen molar-refractivity contribution in [3.63, 3.8) is 0 Å². The van der Waals surface area contributed by atoms with E-state index in [1.165, 1.54) is 15.1 Å². The predicted molar refractivity (Wildman–Crippen MR) is 73.1 cm³/mol. The Morgan fingerprint density at radius 3 is 2.75 bits per heavy atom. The molecule has 0 bridgehead atoms. The van der Waals surface area contributed by atoms with Gasteiger partial charge in [0.1, 0.15) is 11.6 Å². The molecule has 0 amide bonds. The second kappa shape index (κ2) is 5.58. The lowest BCUT2D eigenvalue weighted by Crippen LogP contribution is -1.87. The summed E-state index contributed by atoms with van der Waals surface area (Å²) in [5.74, 6) is 1.67. The fourth-order valence-electron chi connectivity index (χ4n) is 1.21. The summed E-state index contributed by atoms with van der Waals surface area (Å²) in [5.41, 5.74) is 0. The molecule has 2 aromatic rings. The van der Waals surface area contributed by atoms with Crippen LogP contribution in [0.2, 0.25) is 0 Å². The zero-order chi connectivity index (χ0) is 11.4. The highest BCUT2D eigenvalue weighted by atomic mass is 127. The van der Waals surface area contributed by atoms with Crippen molar-refractivity contribution in [2.24, 2.45) is 0 Å². The Bertz CT molecular complexity index is 455.